The van der Waals surface area contributed by atoms with Crippen LogP contribution in [0.15, 0.2) is 103 Å². The molecule has 0 atom stereocenters. The highest BCUT2D eigenvalue weighted by molar-refractivity contribution is 7.04. The highest BCUT2D eigenvalue weighted by Gasteiger charge is 2.49. The van der Waals surface area contributed by atoms with E-state index in [0.717, 1.165) is 0 Å². The van der Waals surface area contributed by atoms with Crippen LogP contribution in [0.5, 0.6) is 0 Å². The Morgan fingerprint density at radius 1 is 0.553 bits per heavy atom. The molecule has 0 radical (unpaired) electrons. The van der Waals surface area contributed by atoms with Crippen molar-refractivity contribution in [3.8, 4) is 0 Å². The van der Waals surface area contributed by atoms with Gasteiger partial charge in [-0.15, -0.1) is 0 Å². The molecule has 4 heteroatoms. The quantitative estimate of drug-likeness (QED) is 0.171. The Hall–Kier alpha value is -4.02. The lowest BCUT2D eigenvalue weighted by atomic mass is 9.45. The van der Waals surface area contributed by atoms with Crippen LogP contribution in [0, 0.1) is 0 Å². The zero-order valence-corrected chi connectivity index (χ0v) is 30.8. The summed E-state index contributed by atoms with van der Waals surface area (Å²) in [6.45, 7) is 24.0. The number of hydrogen-bond acceptors (Lipinski definition) is 2. The van der Waals surface area contributed by atoms with Crippen molar-refractivity contribution in [1.82, 2.24) is 0 Å². The summed E-state index contributed by atoms with van der Waals surface area (Å²) in [7, 11) is -2.03. The first-order valence-corrected chi connectivity index (χ1v) is 20.3. The lowest BCUT2D eigenvalue weighted by molar-refractivity contribution is 0.590. The molecule has 0 unspecified atom stereocenters. The second kappa shape index (κ2) is 9.76. The van der Waals surface area contributed by atoms with Crippen LogP contribution in [0.3, 0.4) is 0 Å². The molecule has 8 rings (SSSR count). The van der Waals surface area contributed by atoms with E-state index in [0.29, 0.717) is 0 Å². The second-order valence-corrected chi connectivity index (χ2v) is 21.5. The Balaban J connectivity index is 1.49. The molecule has 0 spiro atoms. The molecule has 3 heterocycles. The molecule has 0 bridgehead atoms. The molecule has 0 fully saturated rings. The molecule has 2 nitrogen and oxygen atoms in total. The minimum Gasteiger partial charge on any atom is -0.377 e. The van der Waals surface area contributed by atoms with Gasteiger partial charge < -0.3 is 9.71 Å². The summed E-state index contributed by atoms with van der Waals surface area (Å²) in [5.41, 5.74) is 14.9. The topological polar surface area (TPSA) is 6.48 Å². The highest BCUT2D eigenvalue weighted by atomic mass is 28.3. The highest BCUT2D eigenvalue weighted by Crippen LogP contribution is 2.52. The zero-order valence-electron chi connectivity index (χ0n) is 29.8. The molecule has 0 aliphatic carbocycles. The molecular weight excluding hydrogens is 583 g/mol. The third-order valence-corrected chi connectivity index (χ3v) is 14.9. The van der Waals surface area contributed by atoms with Crippen LogP contribution in [0.1, 0.15) is 77.6 Å². The molecule has 0 N–H and O–H groups in total. The van der Waals surface area contributed by atoms with E-state index in [9.17, 15) is 0 Å². The van der Waals surface area contributed by atoms with Crippen molar-refractivity contribution in [3.63, 3.8) is 0 Å². The SMILES string of the molecule is CC(C)(C)c1ccc2c(c1)N(B1c3ccccc3N3c4ccccc4C(C)(C)c4cccc1c43)c1cc(C(C)(C)C)ccc1[Si]2(C)C. The van der Waals surface area contributed by atoms with Gasteiger partial charge in [0.05, 0.1) is 5.69 Å². The van der Waals surface area contributed by atoms with Gasteiger partial charge in [0.25, 0.3) is 0 Å². The summed E-state index contributed by atoms with van der Waals surface area (Å²) in [6.07, 6.45) is 0. The average Bonchev–Trinajstić information content (AvgIpc) is 3.02. The first-order chi connectivity index (χ1) is 22.1. The van der Waals surface area contributed by atoms with E-state index in [1.54, 1.807) is 0 Å². The van der Waals surface area contributed by atoms with Crippen molar-refractivity contribution in [2.45, 2.75) is 84.7 Å². The number of nitrogens with zero attached hydrogens (tertiary/aromatic N) is 2. The third kappa shape index (κ3) is 4.23. The molecule has 47 heavy (non-hydrogen) atoms. The van der Waals surface area contributed by atoms with Gasteiger partial charge in [0.15, 0.2) is 0 Å². The number of para-hydroxylation sites is 3. The van der Waals surface area contributed by atoms with Gasteiger partial charge in [-0.1, -0.05) is 147 Å². The molecular formula is C43H47BN2Si. The van der Waals surface area contributed by atoms with E-state index in [4.69, 9.17) is 0 Å². The predicted molar refractivity (Wildman–Crippen MR) is 207 cm³/mol. The van der Waals surface area contributed by atoms with E-state index in [2.05, 4.69) is 181 Å². The predicted octanol–water partition coefficient (Wildman–Crippen LogP) is 8.78. The van der Waals surface area contributed by atoms with Crippen molar-refractivity contribution >= 4 is 64.7 Å². The van der Waals surface area contributed by atoms with Crippen LogP contribution in [0.2, 0.25) is 13.1 Å². The average molecular weight is 631 g/mol. The van der Waals surface area contributed by atoms with Gasteiger partial charge >= 0.3 is 6.85 Å². The Morgan fingerprint density at radius 2 is 1.06 bits per heavy atom. The lowest BCUT2D eigenvalue weighted by Crippen LogP contribution is -2.67. The zero-order chi connectivity index (χ0) is 33.3. The van der Waals surface area contributed by atoms with E-state index < -0.39 is 8.07 Å². The Kier molecular flexibility index (Phi) is 6.30. The van der Waals surface area contributed by atoms with E-state index >= 15 is 0 Å². The minimum atomic E-state index is -2.03. The fourth-order valence-electron chi connectivity index (χ4n) is 8.62. The standard InChI is InChI=1S/C43H47BN2Si/c1-41(2,3)28-22-24-38-36(26-28)46(37-27-29(42(4,5)6)23-25-39(37)47(38,9)10)44-32-18-12-14-21-35(32)45-34-20-13-11-16-30(34)43(7,8)31-17-15-19-33(44)40(31)45/h11-27H,1-10H3. The molecule has 0 saturated heterocycles. The number of fused-ring (bicyclic) bond motifs is 6. The summed E-state index contributed by atoms with van der Waals surface area (Å²) in [6, 6.07) is 40.2. The maximum atomic E-state index is 2.76. The van der Waals surface area contributed by atoms with E-state index in [1.165, 1.54) is 72.0 Å². The van der Waals surface area contributed by atoms with Crippen molar-refractivity contribution in [2.75, 3.05) is 9.71 Å². The second-order valence-electron chi connectivity index (χ2n) is 17.1. The molecule has 5 aromatic carbocycles. The maximum absolute atomic E-state index is 2.76. The molecule has 0 saturated carbocycles. The molecule has 5 aromatic rings. The largest absolute Gasteiger partial charge is 0.377 e. The molecule has 3 aliphatic rings. The van der Waals surface area contributed by atoms with Gasteiger partial charge in [0, 0.05) is 28.2 Å². The van der Waals surface area contributed by atoms with Crippen molar-refractivity contribution < 1.29 is 0 Å². The van der Waals surface area contributed by atoms with E-state index in [-0.39, 0.29) is 23.1 Å². The summed E-state index contributed by atoms with van der Waals surface area (Å²) in [5, 5.41) is 3.05. The van der Waals surface area contributed by atoms with Crippen LogP contribution >= 0.6 is 0 Å². The smallest absolute Gasteiger partial charge is 0.332 e. The number of anilines is 5. The van der Waals surface area contributed by atoms with Crippen LogP contribution in [0.4, 0.5) is 28.4 Å². The van der Waals surface area contributed by atoms with E-state index in [1.807, 2.05) is 0 Å². The first kappa shape index (κ1) is 30.3. The fraction of sp³-hybridized carbons (Fsp3) is 0.302. The number of rotatable bonds is 1. The van der Waals surface area contributed by atoms with Gasteiger partial charge in [0.2, 0.25) is 0 Å². The van der Waals surface area contributed by atoms with Crippen LogP contribution in [0.25, 0.3) is 0 Å². The first-order valence-electron chi connectivity index (χ1n) is 17.3. The normalized spacial score (nSPS) is 16.9. The summed E-state index contributed by atoms with van der Waals surface area (Å²) in [4.78, 5) is 5.32. The number of benzene rings is 5. The van der Waals surface area contributed by atoms with Crippen molar-refractivity contribution in [1.29, 1.82) is 0 Å². The summed E-state index contributed by atoms with van der Waals surface area (Å²) < 4.78 is 0. The van der Waals surface area contributed by atoms with Gasteiger partial charge in [-0.25, -0.2) is 0 Å². The molecule has 3 aliphatic heterocycles. The van der Waals surface area contributed by atoms with Gasteiger partial charge in [-0.05, 0) is 78.6 Å². The van der Waals surface area contributed by atoms with Crippen LogP contribution < -0.4 is 31.0 Å². The molecule has 0 aromatic heterocycles. The van der Waals surface area contributed by atoms with Crippen LogP contribution in [-0.4, -0.2) is 14.9 Å². The van der Waals surface area contributed by atoms with Gasteiger partial charge in [-0.2, -0.15) is 0 Å². The van der Waals surface area contributed by atoms with Gasteiger partial charge in [0.1, 0.15) is 8.07 Å². The fourth-order valence-corrected chi connectivity index (χ4v) is 11.6. The van der Waals surface area contributed by atoms with Gasteiger partial charge in [-0.3, -0.25) is 0 Å². The third-order valence-electron chi connectivity index (χ3n) is 11.4. The van der Waals surface area contributed by atoms with Crippen LogP contribution in [-0.2, 0) is 16.2 Å². The van der Waals surface area contributed by atoms with Crippen molar-refractivity contribution in [3.05, 3.63) is 125 Å². The summed E-state index contributed by atoms with van der Waals surface area (Å²) in [5.74, 6) is 0. The Bertz CT molecular complexity index is 2030. The number of hydrogen-bond donors (Lipinski definition) is 0. The lowest BCUT2D eigenvalue weighted by Gasteiger charge is -2.50. The monoisotopic (exact) mass is 630 g/mol. The Labute approximate surface area is 283 Å². The summed E-state index contributed by atoms with van der Waals surface area (Å²) >= 11 is 0. The minimum absolute atomic E-state index is 0.0199. The maximum Gasteiger partial charge on any atom is 0.332 e. The molecule has 0 amide bonds. The Morgan fingerprint density at radius 3 is 1.66 bits per heavy atom. The molecule has 236 valence electrons. The van der Waals surface area contributed by atoms with Crippen molar-refractivity contribution in [2.24, 2.45) is 0 Å².